The summed E-state index contributed by atoms with van der Waals surface area (Å²) in [6.07, 6.45) is 0. The summed E-state index contributed by atoms with van der Waals surface area (Å²) in [6, 6.07) is 4.79. The minimum Gasteiger partial charge on any atom is -0.329 e. The number of likely N-dealkylation sites (N-methyl/N-ethyl adjacent to an activating group) is 1. The third-order valence-electron chi connectivity index (χ3n) is 3.78. The van der Waals surface area contributed by atoms with Gasteiger partial charge in [0, 0.05) is 24.0 Å². The van der Waals surface area contributed by atoms with Crippen LogP contribution in [0.2, 0.25) is 0 Å². The molecule has 104 valence electrons. The van der Waals surface area contributed by atoms with E-state index < -0.39 is 0 Å². The second-order valence-corrected chi connectivity index (χ2v) is 6.90. The molecule has 0 bridgehead atoms. The fourth-order valence-corrected chi connectivity index (χ4v) is 3.82. The van der Waals surface area contributed by atoms with Crippen molar-refractivity contribution >= 4 is 11.3 Å². The number of rotatable bonds is 7. The Kier molecular flexibility index (Phi) is 6.33. The summed E-state index contributed by atoms with van der Waals surface area (Å²) >= 11 is 1.83. The van der Waals surface area contributed by atoms with Gasteiger partial charge in [0.15, 0.2) is 0 Å². The monoisotopic (exact) mass is 268 g/mol. The van der Waals surface area contributed by atoms with Crippen molar-refractivity contribution in [1.29, 1.82) is 0 Å². The van der Waals surface area contributed by atoms with Crippen LogP contribution in [-0.2, 0) is 6.54 Å². The standard InChI is InChI=1S/C15H28N2S/c1-11(2)15(12(3)4)14(9-16)17(5)10-13-7-6-8-18-13/h6-8,11-12,14-15H,9-10,16H2,1-5H3. The van der Waals surface area contributed by atoms with E-state index in [0.29, 0.717) is 23.8 Å². The van der Waals surface area contributed by atoms with E-state index in [1.807, 2.05) is 11.3 Å². The van der Waals surface area contributed by atoms with Gasteiger partial charge in [-0.05, 0) is 36.2 Å². The smallest absolute Gasteiger partial charge is 0.0328 e. The highest BCUT2D eigenvalue weighted by atomic mass is 32.1. The highest BCUT2D eigenvalue weighted by Gasteiger charge is 2.29. The summed E-state index contributed by atoms with van der Waals surface area (Å²) in [5.41, 5.74) is 6.04. The van der Waals surface area contributed by atoms with Crippen LogP contribution in [0.5, 0.6) is 0 Å². The zero-order valence-corrected chi connectivity index (χ0v) is 13.2. The molecule has 0 radical (unpaired) electrons. The van der Waals surface area contributed by atoms with Crippen molar-refractivity contribution in [1.82, 2.24) is 4.90 Å². The summed E-state index contributed by atoms with van der Waals surface area (Å²) in [5.74, 6) is 1.99. The summed E-state index contributed by atoms with van der Waals surface area (Å²) in [5, 5.41) is 2.14. The highest BCUT2D eigenvalue weighted by Crippen LogP contribution is 2.27. The van der Waals surface area contributed by atoms with Gasteiger partial charge in [-0.1, -0.05) is 33.8 Å². The number of thiophene rings is 1. The SMILES string of the molecule is CC(C)C(C(C)C)C(CN)N(C)Cc1cccs1. The van der Waals surface area contributed by atoms with E-state index in [4.69, 9.17) is 5.73 Å². The van der Waals surface area contributed by atoms with Gasteiger partial charge in [-0.2, -0.15) is 0 Å². The Labute approximate surface area is 116 Å². The normalized spacial score (nSPS) is 14.1. The summed E-state index contributed by atoms with van der Waals surface area (Å²) < 4.78 is 0. The Morgan fingerprint density at radius 3 is 2.22 bits per heavy atom. The molecule has 0 fully saturated rings. The first-order valence-corrected chi connectivity index (χ1v) is 7.78. The summed E-state index contributed by atoms with van der Waals surface area (Å²) in [7, 11) is 2.20. The molecule has 1 unspecified atom stereocenters. The van der Waals surface area contributed by atoms with Crippen LogP contribution in [0.15, 0.2) is 17.5 Å². The maximum Gasteiger partial charge on any atom is 0.0328 e. The molecule has 3 heteroatoms. The van der Waals surface area contributed by atoms with Crippen LogP contribution in [0.4, 0.5) is 0 Å². The molecule has 0 aliphatic heterocycles. The molecule has 0 amide bonds. The average Bonchev–Trinajstić information content (AvgIpc) is 2.76. The third-order valence-corrected chi connectivity index (χ3v) is 4.64. The Balaban J connectivity index is 2.74. The Bertz CT molecular complexity index is 311. The van der Waals surface area contributed by atoms with Crippen molar-refractivity contribution in [2.45, 2.75) is 40.3 Å². The van der Waals surface area contributed by atoms with Crippen molar-refractivity contribution in [3.63, 3.8) is 0 Å². The molecule has 1 heterocycles. The topological polar surface area (TPSA) is 29.3 Å². The van der Waals surface area contributed by atoms with Crippen molar-refractivity contribution < 1.29 is 0 Å². The van der Waals surface area contributed by atoms with E-state index in [9.17, 15) is 0 Å². The molecule has 18 heavy (non-hydrogen) atoms. The molecule has 1 rings (SSSR count). The zero-order chi connectivity index (χ0) is 13.7. The van der Waals surface area contributed by atoms with Gasteiger partial charge in [-0.15, -0.1) is 11.3 Å². The van der Waals surface area contributed by atoms with Gasteiger partial charge in [-0.3, -0.25) is 4.90 Å². The van der Waals surface area contributed by atoms with E-state index in [2.05, 4.69) is 57.2 Å². The van der Waals surface area contributed by atoms with Gasteiger partial charge in [-0.25, -0.2) is 0 Å². The Morgan fingerprint density at radius 1 is 1.22 bits per heavy atom. The van der Waals surface area contributed by atoms with E-state index in [-0.39, 0.29) is 0 Å². The lowest BCUT2D eigenvalue weighted by Crippen LogP contribution is -2.46. The molecule has 0 spiro atoms. The van der Waals surface area contributed by atoms with Crippen LogP contribution in [0.3, 0.4) is 0 Å². The molecule has 0 aliphatic rings. The summed E-state index contributed by atoms with van der Waals surface area (Å²) in [4.78, 5) is 3.85. The van der Waals surface area contributed by atoms with Crippen LogP contribution in [0.25, 0.3) is 0 Å². The first-order valence-electron chi connectivity index (χ1n) is 6.90. The minimum absolute atomic E-state index is 0.465. The lowest BCUT2D eigenvalue weighted by atomic mass is 9.79. The van der Waals surface area contributed by atoms with Gasteiger partial charge < -0.3 is 5.73 Å². The Hall–Kier alpha value is -0.380. The number of hydrogen-bond acceptors (Lipinski definition) is 3. The maximum atomic E-state index is 6.04. The lowest BCUT2D eigenvalue weighted by molar-refractivity contribution is 0.108. The van der Waals surface area contributed by atoms with Crippen LogP contribution in [-0.4, -0.2) is 24.5 Å². The second-order valence-electron chi connectivity index (χ2n) is 5.86. The maximum absolute atomic E-state index is 6.04. The van der Waals surface area contributed by atoms with Crippen LogP contribution < -0.4 is 5.73 Å². The quantitative estimate of drug-likeness (QED) is 0.821. The first-order chi connectivity index (χ1) is 8.47. The van der Waals surface area contributed by atoms with Gasteiger partial charge in [0.05, 0.1) is 0 Å². The first kappa shape index (κ1) is 15.7. The van der Waals surface area contributed by atoms with Crippen molar-refractivity contribution in [3.8, 4) is 0 Å². The lowest BCUT2D eigenvalue weighted by Gasteiger charge is -2.38. The fraction of sp³-hybridized carbons (Fsp3) is 0.733. The molecular formula is C15H28N2S. The molecule has 2 nitrogen and oxygen atoms in total. The highest BCUT2D eigenvalue weighted by molar-refractivity contribution is 7.09. The van der Waals surface area contributed by atoms with E-state index in [1.165, 1.54) is 4.88 Å². The number of nitrogens with zero attached hydrogens (tertiary/aromatic N) is 1. The molecule has 1 atom stereocenters. The third kappa shape index (κ3) is 4.08. The molecular weight excluding hydrogens is 240 g/mol. The molecule has 1 aromatic rings. The van der Waals surface area contributed by atoms with Gasteiger partial charge in [0.1, 0.15) is 0 Å². The van der Waals surface area contributed by atoms with Crippen LogP contribution >= 0.6 is 11.3 Å². The largest absolute Gasteiger partial charge is 0.329 e. The molecule has 1 aromatic heterocycles. The number of nitrogens with two attached hydrogens (primary N) is 1. The van der Waals surface area contributed by atoms with E-state index >= 15 is 0 Å². The molecule has 0 saturated heterocycles. The molecule has 0 aliphatic carbocycles. The zero-order valence-electron chi connectivity index (χ0n) is 12.4. The average molecular weight is 268 g/mol. The summed E-state index contributed by atoms with van der Waals surface area (Å²) in [6.45, 7) is 11.0. The van der Waals surface area contributed by atoms with Gasteiger partial charge in [0.25, 0.3) is 0 Å². The molecule has 0 saturated carbocycles. The second kappa shape index (κ2) is 7.27. The van der Waals surface area contributed by atoms with E-state index in [0.717, 1.165) is 13.1 Å². The van der Waals surface area contributed by atoms with Gasteiger partial charge >= 0.3 is 0 Å². The predicted octanol–water partition coefficient (Wildman–Crippen LogP) is 3.44. The van der Waals surface area contributed by atoms with Crippen molar-refractivity contribution in [3.05, 3.63) is 22.4 Å². The minimum atomic E-state index is 0.465. The number of hydrogen-bond donors (Lipinski definition) is 1. The fourth-order valence-electron chi connectivity index (χ4n) is 3.05. The molecule has 2 N–H and O–H groups in total. The van der Waals surface area contributed by atoms with Crippen molar-refractivity contribution in [2.75, 3.05) is 13.6 Å². The van der Waals surface area contributed by atoms with Crippen LogP contribution in [0, 0.1) is 17.8 Å². The van der Waals surface area contributed by atoms with Crippen LogP contribution in [0.1, 0.15) is 32.6 Å². The van der Waals surface area contributed by atoms with Gasteiger partial charge in [0.2, 0.25) is 0 Å². The van der Waals surface area contributed by atoms with E-state index in [1.54, 1.807) is 0 Å². The van der Waals surface area contributed by atoms with Crippen molar-refractivity contribution in [2.24, 2.45) is 23.5 Å². The predicted molar refractivity (Wildman–Crippen MR) is 81.8 cm³/mol. The Morgan fingerprint density at radius 2 is 1.83 bits per heavy atom. The molecule has 0 aromatic carbocycles.